The summed E-state index contributed by atoms with van der Waals surface area (Å²) < 4.78 is 5.46. The van der Waals surface area contributed by atoms with Crippen molar-refractivity contribution in [3.8, 4) is 0 Å². The number of anilines is 1. The summed E-state index contributed by atoms with van der Waals surface area (Å²) in [6.07, 6.45) is 2.04. The van der Waals surface area contributed by atoms with E-state index in [-0.39, 0.29) is 11.3 Å². The van der Waals surface area contributed by atoms with Gasteiger partial charge in [0.05, 0.1) is 18.6 Å². The van der Waals surface area contributed by atoms with Crippen LogP contribution in [0.3, 0.4) is 0 Å². The van der Waals surface area contributed by atoms with Gasteiger partial charge in [0.15, 0.2) is 0 Å². The first kappa shape index (κ1) is 17.2. The summed E-state index contributed by atoms with van der Waals surface area (Å²) in [5.74, 6) is 0.242. The highest BCUT2D eigenvalue weighted by atomic mass is 16.5. The number of nitrogens with one attached hydrogen (secondary N) is 1. The number of morpholine rings is 1. The van der Waals surface area contributed by atoms with Gasteiger partial charge in [0.25, 0.3) is 0 Å². The van der Waals surface area contributed by atoms with Crippen LogP contribution in [-0.4, -0.2) is 57.2 Å². The van der Waals surface area contributed by atoms with Crippen molar-refractivity contribution in [3.63, 3.8) is 0 Å². The van der Waals surface area contributed by atoms with Gasteiger partial charge in [-0.2, -0.15) is 0 Å². The van der Waals surface area contributed by atoms with Gasteiger partial charge in [0.2, 0.25) is 5.91 Å². The molecule has 24 heavy (non-hydrogen) atoms. The minimum absolute atomic E-state index is 0.242. The number of piperidine rings is 1. The normalized spacial score (nSPS) is 24.7. The van der Waals surface area contributed by atoms with Crippen LogP contribution in [0.2, 0.25) is 0 Å². The first-order valence-electron chi connectivity index (χ1n) is 8.97. The van der Waals surface area contributed by atoms with Crippen LogP contribution in [0.15, 0.2) is 24.3 Å². The van der Waals surface area contributed by atoms with E-state index in [2.05, 4.69) is 41.4 Å². The van der Waals surface area contributed by atoms with E-state index in [0.29, 0.717) is 6.54 Å². The van der Waals surface area contributed by atoms with Gasteiger partial charge in [-0.15, -0.1) is 0 Å². The predicted molar refractivity (Wildman–Crippen MR) is 96.2 cm³/mol. The van der Waals surface area contributed by atoms with Crippen LogP contribution in [0.25, 0.3) is 0 Å². The second-order valence-electron chi connectivity index (χ2n) is 7.23. The third-order valence-electron chi connectivity index (χ3n) is 5.21. The fourth-order valence-electron chi connectivity index (χ4n) is 3.78. The Kier molecular flexibility index (Phi) is 5.41. The Morgan fingerprint density at radius 2 is 2.08 bits per heavy atom. The number of amides is 1. The molecule has 2 aliphatic heterocycles. The van der Waals surface area contributed by atoms with Crippen molar-refractivity contribution in [2.24, 2.45) is 5.41 Å². The number of para-hydroxylation sites is 1. The summed E-state index contributed by atoms with van der Waals surface area (Å²) in [5.41, 5.74) is 2.16. The van der Waals surface area contributed by atoms with Gasteiger partial charge in [-0.25, -0.2) is 0 Å². The molecule has 2 saturated heterocycles. The Morgan fingerprint density at radius 1 is 1.33 bits per heavy atom. The molecule has 3 rings (SSSR count). The Hall–Kier alpha value is -1.59. The molecule has 1 N–H and O–H groups in total. The van der Waals surface area contributed by atoms with Gasteiger partial charge in [-0.3, -0.25) is 4.79 Å². The Bertz CT molecular complexity index is 563. The molecule has 5 nitrogen and oxygen atoms in total. The fraction of sp³-hybridized carbons (Fsp3) is 0.632. The maximum atomic E-state index is 13.0. The highest BCUT2D eigenvalue weighted by Crippen LogP contribution is 2.29. The van der Waals surface area contributed by atoms with E-state index in [1.54, 1.807) is 0 Å². The van der Waals surface area contributed by atoms with Crippen molar-refractivity contribution in [3.05, 3.63) is 29.8 Å². The third kappa shape index (κ3) is 3.73. The molecule has 2 aliphatic rings. The molecule has 2 heterocycles. The number of nitrogens with zero attached hydrogens (tertiary/aromatic N) is 2. The summed E-state index contributed by atoms with van der Waals surface area (Å²) in [5, 5.41) is 3.37. The summed E-state index contributed by atoms with van der Waals surface area (Å²) in [6, 6.07) is 8.42. The third-order valence-corrected chi connectivity index (χ3v) is 5.21. The van der Waals surface area contributed by atoms with E-state index in [9.17, 15) is 4.79 Å². The van der Waals surface area contributed by atoms with Crippen molar-refractivity contribution < 1.29 is 9.53 Å². The van der Waals surface area contributed by atoms with E-state index in [0.717, 1.165) is 52.2 Å². The number of carbonyl (C=O) groups excluding carboxylic acids is 1. The van der Waals surface area contributed by atoms with Crippen molar-refractivity contribution >= 4 is 11.6 Å². The van der Waals surface area contributed by atoms with Crippen LogP contribution in [0.4, 0.5) is 5.69 Å². The second kappa shape index (κ2) is 7.53. The second-order valence-corrected chi connectivity index (χ2v) is 7.23. The average molecular weight is 331 g/mol. The molecule has 0 saturated carbocycles. The predicted octanol–water partition coefficient (Wildman–Crippen LogP) is 1.87. The van der Waals surface area contributed by atoms with Gasteiger partial charge in [-0.1, -0.05) is 18.2 Å². The molecule has 0 bridgehead atoms. The zero-order chi connectivity index (χ0) is 17.0. The van der Waals surface area contributed by atoms with Crippen molar-refractivity contribution in [2.45, 2.75) is 26.3 Å². The van der Waals surface area contributed by atoms with E-state index < -0.39 is 0 Å². The molecule has 1 aromatic carbocycles. The highest BCUT2D eigenvalue weighted by molar-refractivity contribution is 5.82. The first-order valence-corrected chi connectivity index (χ1v) is 8.97. The highest BCUT2D eigenvalue weighted by Gasteiger charge is 2.36. The van der Waals surface area contributed by atoms with Crippen LogP contribution in [0, 0.1) is 5.41 Å². The number of ether oxygens (including phenoxy) is 1. The maximum absolute atomic E-state index is 13.0. The van der Waals surface area contributed by atoms with Crippen LogP contribution in [0.1, 0.15) is 25.3 Å². The zero-order valence-electron chi connectivity index (χ0n) is 14.9. The molecule has 0 radical (unpaired) electrons. The van der Waals surface area contributed by atoms with E-state index in [1.165, 1.54) is 11.3 Å². The molecular formula is C19H29N3O2. The van der Waals surface area contributed by atoms with Crippen LogP contribution >= 0.6 is 0 Å². The Morgan fingerprint density at radius 3 is 2.79 bits per heavy atom. The number of benzene rings is 1. The smallest absolute Gasteiger partial charge is 0.229 e. The van der Waals surface area contributed by atoms with Crippen LogP contribution in [0.5, 0.6) is 0 Å². The standard InChI is InChI=1S/C19H29N3O2/c1-19(8-5-9-20-15-19)18(23)21(2)14-16-6-3-4-7-17(16)22-10-12-24-13-11-22/h3-4,6-7,20H,5,8-15H2,1-2H3. The van der Waals surface area contributed by atoms with Gasteiger partial charge >= 0.3 is 0 Å². The Labute approximate surface area is 145 Å². The molecular weight excluding hydrogens is 302 g/mol. The molecule has 1 amide bonds. The first-order chi connectivity index (χ1) is 11.6. The van der Waals surface area contributed by atoms with Crippen molar-refractivity contribution in [1.29, 1.82) is 0 Å². The van der Waals surface area contributed by atoms with Crippen LogP contribution < -0.4 is 10.2 Å². The maximum Gasteiger partial charge on any atom is 0.229 e. The molecule has 132 valence electrons. The molecule has 1 unspecified atom stereocenters. The van der Waals surface area contributed by atoms with E-state index in [4.69, 9.17) is 4.74 Å². The summed E-state index contributed by atoms with van der Waals surface area (Å²) in [7, 11) is 1.93. The van der Waals surface area contributed by atoms with Crippen LogP contribution in [-0.2, 0) is 16.1 Å². The number of hydrogen-bond donors (Lipinski definition) is 1. The van der Waals surface area contributed by atoms with Gasteiger partial charge in [-0.05, 0) is 37.9 Å². The number of rotatable bonds is 4. The topological polar surface area (TPSA) is 44.8 Å². The molecule has 0 aliphatic carbocycles. The summed E-state index contributed by atoms with van der Waals surface area (Å²) in [6.45, 7) is 7.91. The number of hydrogen-bond acceptors (Lipinski definition) is 4. The minimum Gasteiger partial charge on any atom is -0.378 e. The average Bonchev–Trinajstić information content (AvgIpc) is 2.63. The minimum atomic E-state index is -0.277. The lowest BCUT2D eigenvalue weighted by Crippen LogP contribution is -2.49. The molecule has 5 heteroatoms. The quantitative estimate of drug-likeness (QED) is 0.915. The van der Waals surface area contributed by atoms with E-state index in [1.807, 2.05) is 11.9 Å². The van der Waals surface area contributed by atoms with Gasteiger partial charge < -0.3 is 19.9 Å². The largest absolute Gasteiger partial charge is 0.378 e. The molecule has 2 fully saturated rings. The lowest BCUT2D eigenvalue weighted by Gasteiger charge is -2.37. The summed E-state index contributed by atoms with van der Waals surface area (Å²) >= 11 is 0. The number of carbonyl (C=O) groups is 1. The zero-order valence-corrected chi connectivity index (χ0v) is 14.9. The molecule has 0 spiro atoms. The fourth-order valence-corrected chi connectivity index (χ4v) is 3.78. The summed E-state index contributed by atoms with van der Waals surface area (Å²) in [4.78, 5) is 17.2. The lowest BCUT2D eigenvalue weighted by atomic mass is 9.81. The molecule has 1 atom stereocenters. The van der Waals surface area contributed by atoms with Crippen molar-refractivity contribution in [1.82, 2.24) is 10.2 Å². The SMILES string of the molecule is CN(Cc1ccccc1N1CCOCC1)C(=O)C1(C)CCCNC1. The molecule has 1 aromatic rings. The van der Waals surface area contributed by atoms with Crippen molar-refractivity contribution in [2.75, 3.05) is 51.3 Å². The Balaban J connectivity index is 1.72. The van der Waals surface area contributed by atoms with Gasteiger partial charge in [0, 0.05) is 38.9 Å². The molecule has 0 aromatic heterocycles. The van der Waals surface area contributed by atoms with E-state index >= 15 is 0 Å². The monoisotopic (exact) mass is 331 g/mol. The lowest BCUT2D eigenvalue weighted by molar-refractivity contribution is -0.141. The van der Waals surface area contributed by atoms with Gasteiger partial charge in [0.1, 0.15) is 0 Å².